The van der Waals surface area contributed by atoms with E-state index in [9.17, 15) is 0 Å². The van der Waals surface area contributed by atoms with E-state index in [2.05, 4.69) is 4.98 Å². The Labute approximate surface area is 134 Å². The Morgan fingerprint density at radius 1 is 0.870 bits per heavy atom. The second kappa shape index (κ2) is 6.08. The average Bonchev–Trinajstić information content (AvgIpc) is 3.22. The number of aromatic nitrogens is 1. The Bertz CT molecular complexity index is 744. The van der Waals surface area contributed by atoms with Crippen LogP contribution in [0.1, 0.15) is 0 Å². The predicted molar refractivity (Wildman–Crippen MR) is 87.1 cm³/mol. The number of hydrogen-bond donors (Lipinski definition) is 0. The summed E-state index contributed by atoms with van der Waals surface area (Å²) in [4.78, 5) is 6.63. The number of anilines is 1. The monoisotopic (exact) mass is 314 g/mol. The summed E-state index contributed by atoms with van der Waals surface area (Å²) < 4.78 is 21.7. The fraction of sp³-hybridized carbons (Fsp3) is 0.235. The van der Waals surface area contributed by atoms with E-state index in [1.165, 1.54) is 0 Å². The maximum absolute atomic E-state index is 5.54. The van der Waals surface area contributed by atoms with Gasteiger partial charge in [0.25, 0.3) is 0 Å². The highest BCUT2D eigenvalue weighted by Gasteiger charge is 2.18. The number of methoxy groups -OCH3 is 2. The van der Waals surface area contributed by atoms with Crippen LogP contribution in [0.2, 0.25) is 0 Å². The van der Waals surface area contributed by atoms with Crippen LogP contribution in [0, 0.1) is 0 Å². The number of furan rings is 2. The first-order valence-electron chi connectivity index (χ1n) is 7.07. The molecule has 0 saturated carbocycles. The molecule has 0 fully saturated rings. The van der Waals surface area contributed by atoms with E-state index < -0.39 is 0 Å². The number of rotatable bonds is 5. The maximum Gasteiger partial charge on any atom is 0.194 e. The van der Waals surface area contributed by atoms with Crippen molar-refractivity contribution in [2.75, 3.05) is 33.2 Å². The van der Waals surface area contributed by atoms with Crippen LogP contribution in [0.15, 0.2) is 45.6 Å². The van der Waals surface area contributed by atoms with Gasteiger partial charge in [0.1, 0.15) is 11.4 Å². The van der Waals surface area contributed by atoms with Gasteiger partial charge in [-0.2, -0.15) is 0 Å². The van der Waals surface area contributed by atoms with Gasteiger partial charge < -0.3 is 23.2 Å². The van der Waals surface area contributed by atoms with Crippen molar-refractivity contribution in [1.82, 2.24) is 4.98 Å². The summed E-state index contributed by atoms with van der Waals surface area (Å²) >= 11 is 0. The lowest BCUT2D eigenvalue weighted by Gasteiger charge is -2.15. The molecule has 0 radical (unpaired) electrons. The molecule has 3 aromatic heterocycles. The third kappa shape index (κ3) is 2.75. The standard InChI is InChI=1S/C17H18N2O4/c1-19(2)11-9-12(16-14(20-3)5-7-22-16)18-13(10-11)17-15(21-4)6-8-23-17/h5-10H,1-4H3. The lowest BCUT2D eigenvalue weighted by atomic mass is 10.2. The van der Waals surface area contributed by atoms with Crippen LogP contribution < -0.4 is 14.4 Å². The zero-order valence-electron chi connectivity index (χ0n) is 13.5. The molecular formula is C17H18N2O4. The van der Waals surface area contributed by atoms with Gasteiger partial charge in [-0.3, -0.25) is 0 Å². The third-order valence-electron chi connectivity index (χ3n) is 3.49. The molecule has 6 heteroatoms. The molecule has 0 unspecified atom stereocenters. The minimum absolute atomic E-state index is 0.572. The van der Waals surface area contributed by atoms with Crippen LogP contribution in [-0.2, 0) is 0 Å². The summed E-state index contributed by atoms with van der Waals surface area (Å²) in [7, 11) is 7.12. The molecule has 0 N–H and O–H groups in total. The number of hydrogen-bond acceptors (Lipinski definition) is 6. The van der Waals surface area contributed by atoms with Gasteiger partial charge in [0.2, 0.25) is 0 Å². The molecule has 23 heavy (non-hydrogen) atoms. The van der Waals surface area contributed by atoms with Crippen molar-refractivity contribution in [3.05, 3.63) is 36.8 Å². The zero-order valence-corrected chi connectivity index (χ0v) is 13.5. The number of ether oxygens (including phenoxy) is 2. The van der Waals surface area contributed by atoms with E-state index in [1.54, 1.807) is 38.9 Å². The normalized spacial score (nSPS) is 10.6. The van der Waals surface area contributed by atoms with Gasteiger partial charge in [-0.05, 0) is 12.1 Å². The molecule has 6 nitrogen and oxygen atoms in total. The fourth-order valence-corrected chi connectivity index (χ4v) is 2.30. The highest BCUT2D eigenvalue weighted by atomic mass is 16.5. The van der Waals surface area contributed by atoms with Gasteiger partial charge in [0, 0.05) is 31.9 Å². The van der Waals surface area contributed by atoms with Crippen molar-refractivity contribution in [2.24, 2.45) is 0 Å². The Hall–Kier alpha value is -2.89. The summed E-state index contributed by atoms with van der Waals surface area (Å²) in [5, 5.41) is 0. The molecule has 0 atom stereocenters. The first-order valence-corrected chi connectivity index (χ1v) is 7.07. The Morgan fingerprint density at radius 2 is 1.35 bits per heavy atom. The van der Waals surface area contributed by atoms with Crippen molar-refractivity contribution in [3.8, 4) is 34.4 Å². The summed E-state index contributed by atoms with van der Waals surface area (Å²) in [5.74, 6) is 2.41. The first kappa shape index (κ1) is 15.0. The highest BCUT2D eigenvalue weighted by Crippen LogP contribution is 2.36. The topological polar surface area (TPSA) is 60.9 Å². The van der Waals surface area contributed by atoms with Crippen LogP contribution in [0.5, 0.6) is 11.5 Å². The third-order valence-corrected chi connectivity index (χ3v) is 3.49. The quantitative estimate of drug-likeness (QED) is 0.716. The minimum atomic E-state index is 0.572. The molecule has 3 aromatic rings. The fourth-order valence-electron chi connectivity index (χ4n) is 2.30. The van der Waals surface area contributed by atoms with E-state index in [0.29, 0.717) is 34.4 Å². The van der Waals surface area contributed by atoms with Crippen LogP contribution >= 0.6 is 0 Å². The smallest absolute Gasteiger partial charge is 0.194 e. The maximum atomic E-state index is 5.54. The molecule has 0 aliphatic carbocycles. The predicted octanol–water partition coefficient (Wildman–Crippen LogP) is 3.68. The summed E-state index contributed by atoms with van der Waals surface area (Å²) in [6.07, 6.45) is 3.15. The van der Waals surface area contributed by atoms with Crippen molar-refractivity contribution in [3.63, 3.8) is 0 Å². The molecule has 3 heterocycles. The van der Waals surface area contributed by atoms with E-state index in [0.717, 1.165) is 5.69 Å². The van der Waals surface area contributed by atoms with Gasteiger partial charge >= 0.3 is 0 Å². The van der Waals surface area contributed by atoms with Crippen LogP contribution in [0.4, 0.5) is 5.69 Å². The first-order chi connectivity index (χ1) is 11.1. The van der Waals surface area contributed by atoms with Gasteiger partial charge in [-0.15, -0.1) is 0 Å². The number of nitrogens with zero attached hydrogens (tertiary/aromatic N) is 2. The van der Waals surface area contributed by atoms with Crippen LogP contribution in [-0.4, -0.2) is 33.3 Å². The van der Waals surface area contributed by atoms with Crippen LogP contribution in [0.3, 0.4) is 0 Å². The van der Waals surface area contributed by atoms with E-state index in [4.69, 9.17) is 18.3 Å². The van der Waals surface area contributed by atoms with Gasteiger partial charge in [-0.1, -0.05) is 0 Å². The Balaban J connectivity index is 2.18. The molecule has 120 valence electrons. The second-order valence-electron chi connectivity index (χ2n) is 5.13. The second-order valence-corrected chi connectivity index (χ2v) is 5.13. The van der Waals surface area contributed by atoms with Gasteiger partial charge in [0.05, 0.1) is 26.7 Å². The summed E-state index contributed by atoms with van der Waals surface area (Å²) in [5.41, 5.74) is 2.28. The molecule has 0 bridgehead atoms. The molecule has 3 rings (SSSR count). The summed E-state index contributed by atoms with van der Waals surface area (Å²) in [6.45, 7) is 0. The largest absolute Gasteiger partial charge is 0.493 e. The zero-order chi connectivity index (χ0) is 16.4. The lowest BCUT2D eigenvalue weighted by Crippen LogP contribution is -2.09. The highest BCUT2D eigenvalue weighted by molar-refractivity contribution is 5.73. The average molecular weight is 314 g/mol. The van der Waals surface area contributed by atoms with Crippen molar-refractivity contribution < 1.29 is 18.3 Å². The molecule has 0 saturated heterocycles. The van der Waals surface area contributed by atoms with Crippen LogP contribution in [0.25, 0.3) is 22.9 Å². The lowest BCUT2D eigenvalue weighted by molar-refractivity contribution is 0.409. The molecule has 0 spiro atoms. The molecule has 0 aliphatic rings. The molecule has 0 aliphatic heterocycles. The van der Waals surface area contributed by atoms with Crippen molar-refractivity contribution >= 4 is 5.69 Å². The molecule has 0 amide bonds. The number of pyridine rings is 1. The summed E-state index contributed by atoms with van der Waals surface area (Å²) in [6, 6.07) is 7.37. The Morgan fingerprint density at radius 3 is 1.74 bits per heavy atom. The molecular weight excluding hydrogens is 296 g/mol. The van der Waals surface area contributed by atoms with Crippen molar-refractivity contribution in [1.29, 1.82) is 0 Å². The SMILES string of the molecule is COc1ccoc1-c1cc(N(C)C)cc(-c2occc2OC)n1. The molecule has 0 aromatic carbocycles. The Kier molecular flexibility index (Phi) is 3.97. The van der Waals surface area contributed by atoms with E-state index >= 15 is 0 Å². The van der Waals surface area contributed by atoms with Crippen molar-refractivity contribution in [2.45, 2.75) is 0 Å². The van der Waals surface area contributed by atoms with Gasteiger partial charge in [-0.25, -0.2) is 4.98 Å². The van der Waals surface area contributed by atoms with Gasteiger partial charge in [0.15, 0.2) is 23.0 Å². The van der Waals surface area contributed by atoms with E-state index in [1.807, 2.05) is 31.1 Å². The van der Waals surface area contributed by atoms with E-state index in [-0.39, 0.29) is 0 Å². The minimum Gasteiger partial charge on any atom is -0.493 e.